The van der Waals surface area contributed by atoms with Crippen molar-refractivity contribution in [3.8, 4) is 5.75 Å². The molecule has 1 amide bonds. The van der Waals surface area contributed by atoms with Crippen LogP contribution in [0.3, 0.4) is 0 Å². The van der Waals surface area contributed by atoms with E-state index in [0.717, 1.165) is 54.1 Å². The van der Waals surface area contributed by atoms with Crippen molar-refractivity contribution in [1.29, 1.82) is 0 Å². The van der Waals surface area contributed by atoms with E-state index in [1.54, 1.807) is 24.2 Å². The first-order valence-electron chi connectivity index (χ1n) is 11.7. The van der Waals surface area contributed by atoms with Crippen LogP contribution in [0.5, 0.6) is 5.75 Å². The molecule has 8 nitrogen and oxygen atoms in total. The fourth-order valence-corrected chi connectivity index (χ4v) is 5.15. The third-order valence-electron chi connectivity index (χ3n) is 5.43. The summed E-state index contributed by atoms with van der Waals surface area (Å²) in [5.74, 6) is 2.89. The molecule has 1 aliphatic heterocycles. The summed E-state index contributed by atoms with van der Waals surface area (Å²) in [5.41, 5.74) is 0.863. The maximum absolute atomic E-state index is 12.5. The molecular weight excluding hydrogens is 484 g/mol. The van der Waals surface area contributed by atoms with Crippen LogP contribution in [-0.4, -0.2) is 60.2 Å². The van der Waals surface area contributed by atoms with E-state index in [1.165, 1.54) is 11.3 Å². The zero-order valence-electron chi connectivity index (χ0n) is 20.4. The maximum atomic E-state index is 12.5. The molecule has 1 N–H and O–H groups in total. The molecule has 10 heteroatoms. The Hall–Kier alpha value is -2.40. The van der Waals surface area contributed by atoms with Gasteiger partial charge in [-0.05, 0) is 17.7 Å². The third kappa shape index (κ3) is 8.06. The quantitative estimate of drug-likeness (QED) is 0.391. The predicted molar refractivity (Wildman–Crippen MR) is 138 cm³/mol. The molecule has 2 aromatic heterocycles. The zero-order chi connectivity index (χ0) is 24.7. The number of benzene rings is 1. The summed E-state index contributed by atoms with van der Waals surface area (Å²) in [6.07, 6.45) is 3.84. The second kappa shape index (κ2) is 12.0. The molecule has 0 unspecified atom stereocenters. The lowest BCUT2D eigenvalue weighted by atomic mass is 9.94. The van der Waals surface area contributed by atoms with Crippen LogP contribution in [0.15, 0.2) is 45.3 Å². The van der Waals surface area contributed by atoms with Crippen LogP contribution in [0.2, 0.25) is 0 Å². The van der Waals surface area contributed by atoms with Gasteiger partial charge in [-0.1, -0.05) is 44.2 Å². The topological polar surface area (TPSA) is 89.7 Å². The van der Waals surface area contributed by atoms with Crippen LogP contribution < -0.4 is 10.1 Å². The van der Waals surface area contributed by atoms with Gasteiger partial charge in [0.05, 0.1) is 42.0 Å². The number of thioether (sulfide) groups is 1. The normalized spacial score (nSPS) is 14.7. The smallest absolute Gasteiger partial charge is 0.230 e. The third-order valence-corrected chi connectivity index (χ3v) is 7.52. The molecule has 1 fully saturated rings. The molecule has 1 aliphatic rings. The van der Waals surface area contributed by atoms with Gasteiger partial charge in [0.2, 0.25) is 11.8 Å². The maximum Gasteiger partial charge on any atom is 0.230 e. The molecule has 0 aliphatic carbocycles. The van der Waals surface area contributed by atoms with Crippen LogP contribution in [0.25, 0.3) is 0 Å². The Balaban J connectivity index is 1.18. The molecule has 0 radical (unpaired) electrons. The van der Waals surface area contributed by atoms with Crippen molar-refractivity contribution >= 4 is 34.1 Å². The molecule has 188 valence electrons. The summed E-state index contributed by atoms with van der Waals surface area (Å²) in [4.78, 5) is 23.5. The summed E-state index contributed by atoms with van der Waals surface area (Å²) < 4.78 is 18.0. The monoisotopic (exact) mass is 516 g/mol. The molecule has 0 spiro atoms. The van der Waals surface area contributed by atoms with Gasteiger partial charge >= 0.3 is 0 Å². The molecule has 3 heterocycles. The van der Waals surface area contributed by atoms with E-state index >= 15 is 0 Å². The second-order valence-electron chi connectivity index (χ2n) is 9.31. The van der Waals surface area contributed by atoms with E-state index in [-0.39, 0.29) is 17.7 Å². The Morgan fingerprint density at radius 2 is 1.94 bits per heavy atom. The van der Waals surface area contributed by atoms with E-state index in [0.29, 0.717) is 23.4 Å². The predicted octanol–water partition coefficient (Wildman–Crippen LogP) is 4.61. The van der Waals surface area contributed by atoms with Crippen molar-refractivity contribution in [3.63, 3.8) is 0 Å². The number of nitrogens with one attached hydrogen (secondary N) is 1. The zero-order valence-corrected chi connectivity index (χ0v) is 22.0. The Labute approximate surface area is 214 Å². The van der Waals surface area contributed by atoms with Crippen LogP contribution in [0.4, 0.5) is 5.13 Å². The van der Waals surface area contributed by atoms with Gasteiger partial charge in [-0.2, -0.15) is 0 Å². The Bertz CT molecular complexity index is 1090. The van der Waals surface area contributed by atoms with E-state index in [2.05, 4.69) is 41.0 Å². The lowest BCUT2D eigenvalue weighted by molar-refractivity contribution is -0.115. The number of oxazole rings is 1. The summed E-state index contributed by atoms with van der Waals surface area (Å²) in [6.45, 7) is 11.3. The first-order chi connectivity index (χ1) is 16.8. The fourth-order valence-electron chi connectivity index (χ4n) is 3.41. The molecule has 0 saturated carbocycles. The van der Waals surface area contributed by atoms with Crippen molar-refractivity contribution in [3.05, 3.63) is 53.9 Å². The Morgan fingerprint density at radius 3 is 2.66 bits per heavy atom. The van der Waals surface area contributed by atoms with E-state index in [9.17, 15) is 4.79 Å². The molecular formula is C25H32N4O4S2. The van der Waals surface area contributed by atoms with Crippen LogP contribution in [-0.2, 0) is 27.1 Å². The highest BCUT2D eigenvalue weighted by molar-refractivity contribution is 8.00. The number of carbonyl (C=O) groups is 1. The van der Waals surface area contributed by atoms with Gasteiger partial charge in [-0.15, -0.1) is 11.8 Å². The van der Waals surface area contributed by atoms with Crippen LogP contribution in [0, 0.1) is 0 Å². The fraction of sp³-hybridized carbons (Fsp3) is 0.480. The Kier molecular flexibility index (Phi) is 8.83. The first-order valence-corrected chi connectivity index (χ1v) is 13.5. The van der Waals surface area contributed by atoms with E-state index < -0.39 is 0 Å². The van der Waals surface area contributed by atoms with Crippen molar-refractivity contribution in [2.75, 3.05) is 44.8 Å². The SMILES string of the molecule is CC(C)(C)c1cnc(CSc2cnc(NC(=O)Cc3ccc(OCCN4CCOCC4)cc3)s2)o1. The summed E-state index contributed by atoms with van der Waals surface area (Å²) >= 11 is 3.04. The average molecular weight is 517 g/mol. The second-order valence-corrected chi connectivity index (χ2v) is 11.6. The molecule has 0 bridgehead atoms. The molecule has 1 aromatic carbocycles. The summed E-state index contributed by atoms with van der Waals surface area (Å²) in [7, 11) is 0. The number of amides is 1. The van der Waals surface area contributed by atoms with Gasteiger partial charge in [0.15, 0.2) is 5.13 Å². The number of nitrogens with zero attached hydrogens (tertiary/aromatic N) is 3. The lowest BCUT2D eigenvalue weighted by Crippen LogP contribution is -2.38. The van der Waals surface area contributed by atoms with Gasteiger partial charge in [-0.3, -0.25) is 9.69 Å². The molecule has 1 saturated heterocycles. The van der Waals surface area contributed by atoms with Crippen molar-refractivity contribution in [2.45, 2.75) is 42.6 Å². The molecule has 0 atom stereocenters. The minimum atomic E-state index is -0.0978. The van der Waals surface area contributed by atoms with Gasteiger partial charge in [0.1, 0.15) is 18.1 Å². The lowest BCUT2D eigenvalue weighted by Gasteiger charge is -2.26. The van der Waals surface area contributed by atoms with Gasteiger partial charge < -0.3 is 19.2 Å². The molecule has 4 rings (SSSR count). The number of hydrogen-bond acceptors (Lipinski definition) is 9. The molecule has 3 aromatic rings. The number of ether oxygens (including phenoxy) is 2. The molecule has 35 heavy (non-hydrogen) atoms. The minimum Gasteiger partial charge on any atom is -0.492 e. The van der Waals surface area contributed by atoms with E-state index in [4.69, 9.17) is 13.9 Å². The van der Waals surface area contributed by atoms with Gasteiger partial charge in [0.25, 0.3) is 0 Å². The largest absolute Gasteiger partial charge is 0.492 e. The highest BCUT2D eigenvalue weighted by atomic mass is 32.2. The van der Waals surface area contributed by atoms with Crippen molar-refractivity contribution < 1.29 is 18.7 Å². The number of morpholine rings is 1. The summed E-state index contributed by atoms with van der Waals surface area (Å²) in [6, 6.07) is 7.67. The van der Waals surface area contributed by atoms with Crippen LogP contribution in [0.1, 0.15) is 38.0 Å². The minimum absolute atomic E-state index is 0.0613. The number of thiazole rings is 1. The number of aromatic nitrogens is 2. The Morgan fingerprint density at radius 1 is 1.17 bits per heavy atom. The van der Waals surface area contributed by atoms with Gasteiger partial charge in [0, 0.05) is 25.0 Å². The highest BCUT2D eigenvalue weighted by Crippen LogP contribution is 2.31. The van der Waals surface area contributed by atoms with Crippen molar-refractivity contribution in [2.24, 2.45) is 0 Å². The number of anilines is 1. The number of hydrogen-bond donors (Lipinski definition) is 1. The summed E-state index contributed by atoms with van der Waals surface area (Å²) in [5, 5.41) is 3.47. The number of rotatable bonds is 10. The van der Waals surface area contributed by atoms with Crippen molar-refractivity contribution in [1.82, 2.24) is 14.9 Å². The highest BCUT2D eigenvalue weighted by Gasteiger charge is 2.19. The average Bonchev–Trinajstić information content (AvgIpc) is 3.49. The standard InChI is InChI=1S/C25H32N4O4S2/c1-25(2,3)20-15-26-22(33-20)17-34-23-16-27-24(35-23)28-21(30)14-18-4-6-19(7-5-18)32-13-10-29-8-11-31-12-9-29/h4-7,15-16H,8-14,17H2,1-3H3,(H,27,28,30). The number of carbonyl (C=O) groups excluding carboxylic acids is 1. The first kappa shape index (κ1) is 25.7. The van der Waals surface area contributed by atoms with E-state index in [1.807, 2.05) is 24.3 Å². The van der Waals surface area contributed by atoms with Crippen LogP contribution >= 0.6 is 23.1 Å². The van der Waals surface area contributed by atoms with Gasteiger partial charge in [-0.25, -0.2) is 9.97 Å².